The third kappa shape index (κ3) is 2.99. The number of fused-ring (bicyclic) bond motifs is 6. The van der Waals surface area contributed by atoms with Crippen molar-refractivity contribution in [1.82, 2.24) is 14.9 Å². The number of para-hydroxylation sites is 1. The van der Waals surface area contributed by atoms with Crippen LogP contribution in [0.4, 0.5) is 11.4 Å². The number of benzene rings is 3. The molecule has 0 aliphatic carbocycles. The zero-order valence-corrected chi connectivity index (χ0v) is 17.5. The molecule has 0 bridgehead atoms. The minimum Gasteiger partial charge on any atom is -0.345 e. The highest BCUT2D eigenvalue weighted by Gasteiger charge is 2.47. The fourth-order valence-electron chi connectivity index (χ4n) is 4.66. The van der Waals surface area contributed by atoms with Gasteiger partial charge in [-0.2, -0.15) is 0 Å². The molecule has 0 spiro atoms. The minimum atomic E-state index is -0.565. The van der Waals surface area contributed by atoms with Crippen molar-refractivity contribution in [1.29, 1.82) is 0 Å². The number of aromatic amines is 1. The van der Waals surface area contributed by atoms with E-state index >= 15 is 0 Å². The van der Waals surface area contributed by atoms with Crippen LogP contribution in [0.1, 0.15) is 38.9 Å². The lowest BCUT2D eigenvalue weighted by Crippen LogP contribution is -2.48. The van der Waals surface area contributed by atoms with Gasteiger partial charge in [0.15, 0.2) is 0 Å². The summed E-state index contributed by atoms with van der Waals surface area (Å²) in [6.07, 6.45) is 1.13. The Morgan fingerprint density at radius 2 is 1.76 bits per heavy atom. The second kappa shape index (κ2) is 7.30. The third-order valence-electron chi connectivity index (χ3n) is 6.17. The number of H-pyrrole nitrogens is 1. The molecule has 1 aromatic heterocycles. The zero-order chi connectivity index (χ0) is 22.5. The van der Waals surface area contributed by atoms with Crippen LogP contribution in [-0.4, -0.2) is 39.1 Å². The van der Waals surface area contributed by atoms with Crippen LogP contribution in [0.15, 0.2) is 73.1 Å². The molecule has 2 aliphatic heterocycles. The van der Waals surface area contributed by atoms with Gasteiger partial charge in [-0.25, -0.2) is 4.98 Å². The average molecular weight is 437 g/mol. The van der Waals surface area contributed by atoms with Crippen LogP contribution in [-0.2, 0) is 4.79 Å². The summed E-state index contributed by atoms with van der Waals surface area (Å²) in [5, 5.41) is 2.88. The summed E-state index contributed by atoms with van der Waals surface area (Å²) in [4.78, 5) is 49.8. The zero-order valence-electron chi connectivity index (χ0n) is 17.5. The molecule has 2 aliphatic rings. The lowest BCUT2D eigenvalue weighted by Gasteiger charge is -2.40. The number of carbonyl (C=O) groups excluding carboxylic acids is 3. The lowest BCUT2D eigenvalue weighted by atomic mass is 10.0. The number of anilines is 2. The van der Waals surface area contributed by atoms with Crippen molar-refractivity contribution < 1.29 is 14.4 Å². The molecule has 0 saturated heterocycles. The Hall–Kier alpha value is -4.46. The molecule has 0 radical (unpaired) electrons. The Balaban J connectivity index is 1.28. The Labute approximate surface area is 188 Å². The lowest BCUT2D eigenvalue weighted by molar-refractivity contribution is -0.116. The first-order valence-corrected chi connectivity index (χ1v) is 10.7. The van der Waals surface area contributed by atoms with E-state index in [1.165, 1.54) is 0 Å². The summed E-state index contributed by atoms with van der Waals surface area (Å²) in [6.45, 7) is 0.175. The van der Waals surface area contributed by atoms with Crippen molar-refractivity contribution >= 4 is 40.1 Å². The molecule has 8 nitrogen and oxygen atoms in total. The van der Waals surface area contributed by atoms with Crippen molar-refractivity contribution in [3.63, 3.8) is 0 Å². The topological polar surface area (TPSA) is 98.4 Å². The van der Waals surface area contributed by atoms with Crippen molar-refractivity contribution in [3.05, 3.63) is 89.7 Å². The molecule has 0 fully saturated rings. The second-order valence-electron chi connectivity index (χ2n) is 8.08. The number of imidazole rings is 1. The molecule has 2 N–H and O–H groups in total. The van der Waals surface area contributed by atoms with Crippen LogP contribution in [0.5, 0.6) is 0 Å². The number of hydrogen-bond donors (Lipinski definition) is 2. The number of aromatic nitrogens is 2. The molecule has 33 heavy (non-hydrogen) atoms. The Bertz CT molecular complexity index is 1440. The maximum Gasteiger partial charge on any atom is 0.260 e. The summed E-state index contributed by atoms with van der Waals surface area (Å²) < 4.78 is 0. The standard InChI is InChI=1S/C25H19N5O3/c31-22(28-15-9-10-19-20(13-15)27-14-26-19)11-12-29-23-16-5-1-2-6-17(16)25(33)30(23)21-8-4-3-7-18(21)24(29)32/h1-10,13-14,23H,11-12H2,(H,26,27)(H,28,31). The van der Waals surface area contributed by atoms with E-state index in [1.807, 2.05) is 36.4 Å². The monoisotopic (exact) mass is 437 g/mol. The first kappa shape index (κ1) is 19.2. The van der Waals surface area contributed by atoms with Crippen LogP contribution < -0.4 is 10.2 Å². The number of amides is 3. The Morgan fingerprint density at radius 1 is 0.970 bits per heavy atom. The van der Waals surface area contributed by atoms with Crippen LogP contribution in [0.3, 0.4) is 0 Å². The summed E-state index contributed by atoms with van der Waals surface area (Å²) >= 11 is 0. The molecule has 1 atom stereocenters. The van der Waals surface area contributed by atoms with Gasteiger partial charge in [0, 0.05) is 29.8 Å². The van der Waals surface area contributed by atoms with Gasteiger partial charge in [0.1, 0.15) is 6.17 Å². The van der Waals surface area contributed by atoms with E-state index in [4.69, 9.17) is 0 Å². The molecule has 8 heteroatoms. The molecule has 3 aromatic carbocycles. The predicted molar refractivity (Wildman–Crippen MR) is 123 cm³/mol. The molecular weight excluding hydrogens is 418 g/mol. The summed E-state index contributed by atoms with van der Waals surface area (Å²) in [5.74, 6) is -0.550. The number of carbonyl (C=O) groups is 3. The van der Waals surface area contributed by atoms with Crippen LogP contribution >= 0.6 is 0 Å². The summed E-state index contributed by atoms with van der Waals surface area (Å²) in [7, 11) is 0. The third-order valence-corrected chi connectivity index (χ3v) is 6.17. The quantitative estimate of drug-likeness (QED) is 0.509. The number of rotatable bonds is 4. The highest BCUT2D eigenvalue weighted by Crippen LogP contribution is 2.45. The van der Waals surface area contributed by atoms with E-state index in [0.717, 1.165) is 16.6 Å². The summed E-state index contributed by atoms with van der Waals surface area (Å²) in [6, 6.07) is 19.9. The molecule has 162 valence electrons. The van der Waals surface area contributed by atoms with Gasteiger partial charge in [0.05, 0.1) is 28.6 Å². The molecule has 1 unspecified atom stereocenters. The smallest absolute Gasteiger partial charge is 0.260 e. The number of hydrogen-bond acceptors (Lipinski definition) is 4. The average Bonchev–Trinajstić information content (AvgIpc) is 3.42. The van der Waals surface area contributed by atoms with Gasteiger partial charge in [-0.05, 0) is 36.4 Å². The maximum absolute atomic E-state index is 13.4. The second-order valence-corrected chi connectivity index (χ2v) is 8.08. The van der Waals surface area contributed by atoms with Gasteiger partial charge in [0.2, 0.25) is 5.91 Å². The Morgan fingerprint density at radius 3 is 2.64 bits per heavy atom. The van der Waals surface area contributed by atoms with Gasteiger partial charge in [-0.15, -0.1) is 0 Å². The van der Waals surface area contributed by atoms with Gasteiger partial charge >= 0.3 is 0 Å². The SMILES string of the molecule is O=C(CCN1C(=O)c2ccccc2N2C(=O)c3ccccc3C12)Nc1ccc2nc[nH]c2c1. The molecule has 6 rings (SSSR count). The summed E-state index contributed by atoms with van der Waals surface area (Å²) in [5.41, 5.74) is 4.70. The van der Waals surface area contributed by atoms with E-state index in [1.54, 1.807) is 46.5 Å². The van der Waals surface area contributed by atoms with Crippen molar-refractivity contribution in [2.24, 2.45) is 0 Å². The van der Waals surface area contributed by atoms with Gasteiger partial charge in [-0.3, -0.25) is 19.3 Å². The number of nitrogens with one attached hydrogen (secondary N) is 2. The van der Waals surface area contributed by atoms with Gasteiger partial charge < -0.3 is 15.2 Å². The molecule has 3 amide bonds. The van der Waals surface area contributed by atoms with Crippen molar-refractivity contribution in [3.8, 4) is 0 Å². The van der Waals surface area contributed by atoms with Crippen LogP contribution in [0.25, 0.3) is 11.0 Å². The van der Waals surface area contributed by atoms with Crippen LogP contribution in [0.2, 0.25) is 0 Å². The maximum atomic E-state index is 13.4. The molecule has 0 saturated carbocycles. The normalized spacial score (nSPS) is 16.5. The van der Waals surface area contributed by atoms with Crippen LogP contribution in [0, 0.1) is 0 Å². The molecular formula is C25H19N5O3. The highest BCUT2D eigenvalue weighted by atomic mass is 16.2. The van der Waals surface area contributed by atoms with E-state index in [2.05, 4.69) is 15.3 Å². The fraction of sp³-hybridized carbons (Fsp3) is 0.120. The van der Waals surface area contributed by atoms with Gasteiger partial charge in [-0.1, -0.05) is 30.3 Å². The minimum absolute atomic E-state index is 0.0929. The fourth-order valence-corrected chi connectivity index (χ4v) is 4.66. The van der Waals surface area contributed by atoms with E-state index in [9.17, 15) is 14.4 Å². The van der Waals surface area contributed by atoms with Crippen molar-refractivity contribution in [2.75, 3.05) is 16.8 Å². The number of nitrogens with zero attached hydrogens (tertiary/aromatic N) is 3. The first-order chi connectivity index (χ1) is 16.1. The van der Waals surface area contributed by atoms with Gasteiger partial charge in [0.25, 0.3) is 11.8 Å². The first-order valence-electron chi connectivity index (χ1n) is 10.7. The Kier molecular flexibility index (Phi) is 4.26. The molecule has 4 aromatic rings. The van der Waals surface area contributed by atoms with E-state index in [-0.39, 0.29) is 30.7 Å². The highest BCUT2D eigenvalue weighted by molar-refractivity contribution is 6.16. The van der Waals surface area contributed by atoms with Crippen molar-refractivity contribution in [2.45, 2.75) is 12.6 Å². The largest absolute Gasteiger partial charge is 0.345 e. The molecule has 3 heterocycles. The van der Waals surface area contributed by atoms with E-state index < -0.39 is 6.17 Å². The van der Waals surface area contributed by atoms with E-state index in [0.29, 0.717) is 22.5 Å². The predicted octanol–water partition coefficient (Wildman–Crippen LogP) is 3.71.